The van der Waals surface area contributed by atoms with Gasteiger partial charge < -0.3 is 15.0 Å². The molecule has 0 fully saturated rings. The molecule has 0 saturated heterocycles. The van der Waals surface area contributed by atoms with Crippen LogP contribution in [0.5, 0.6) is 5.88 Å². The normalized spacial score (nSPS) is 17.8. The molecule has 12 heteroatoms. The molecule has 202 valence electrons. The molecule has 2 atom stereocenters. The number of carbonyl (C=O) groups excluding carboxylic acids is 1. The predicted molar refractivity (Wildman–Crippen MR) is 132 cm³/mol. The lowest BCUT2D eigenvalue weighted by atomic mass is 9.87. The van der Waals surface area contributed by atoms with E-state index in [1.165, 1.54) is 6.92 Å². The maximum Gasteiger partial charge on any atom is 0.574 e. The van der Waals surface area contributed by atoms with Crippen LogP contribution in [0.4, 0.5) is 23.4 Å². The number of carbonyl (C=O) groups is 1. The van der Waals surface area contributed by atoms with Gasteiger partial charge in [0.25, 0.3) is 0 Å². The second-order valence-corrected chi connectivity index (χ2v) is 9.55. The van der Waals surface area contributed by atoms with Crippen LogP contribution in [-0.2, 0) is 11.2 Å². The zero-order chi connectivity index (χ0) is 27.7. The number of likely N-dealkylation sites (N-methyl/N-ethyl adjacent to an activating group) is 1. The number of nitrogens with one attached hydrogen (secondary N) is 1. The van der Waals surface area contributed by atoms with Crippen molar-refractivity contribution >= 4 is 11.7 Å². The van der Waals surface area contributed by atoms with Crippen molar-refractivity contribution in [3.8, 4) is 17.3 Å². The van der Waals surface area contributed by atoms with Gasteiger partial charge in [-0.25, -0.2) is 24.3 Å². The molecule has 0 aromatic carbocycles. The van der Waals surface area contributed by atoms with Gasteiger partial charge in [-0.1, -0.05) is 0 Å². The molecule has 1 amide bonds. The minimum absolute atomic E-state index is 0.220. The number of nitrogens with zero attached hydrogens (tertiary/aromatic N) is 5. The number of amides is 1. The first kappa shape index (κ1) is 27.2. The lowest BCUT2D eigenvalue weighted by molar-refractivity contribution is -0.276. The molecule has 0 unspecified atom stereocenters. The fraction of sp³-hybridized carbons (Fsp3) is 0.423. The molecule has 4 heterocycles. The Morgan fingerprint density at radius 2 is 1.95 bits per heavy atom. The summed E-state index contributed by atoms with van der Waals surface area (Å²) in [6.45, 7) is 7.70. The molecule has 1 aliphatic heterocycles. The van der Waals surface area contributed by atoms with E-state index in [0.717, 1.165) is 22.9 Å². The number of hydrogen-bond donors (Lipinski definition) is 1. The van der Waals surface area contributed by atoms with Crippen LogP contribution in [0.2, 0.25) is 0 Å². The van der Waals surface area contributed by atoms with Gasteiger partial charge in [0.05, 0.1) is 23.3 Å². The Bertz CT molecular complexity index is 1320. The van der Waals surface area contributed by atoms with Crippen LogP contribution in [0.3, 0.4) is 0 Å². The Labute approximate surface area is 217 Å². The maximum absolute atomic E-state index is 14.5. The van der Waals surface area contributed by atoms with Crippen LogP contribution < -0.4 is 10.1 Å². The standard InChI is InChI=1S/C26H28F4N6O2/c1-5-36(24(37)15(2)18-12-21(33-13-20(18)27)38-26(28,29)30)14-25(4)8-7-17-11-19(16(3)34-22(17)35-25)23-31-9-6-10-32-23/h6,9-13,15H,5,7-8,14H2,1-4H3,(H,34,35)/t15-,25+/m0/s1. The molecule has 3 aromatic rings. The quantitative estimate of drug-likeness (QED) is 0.426. The third-order valence-corrected chi connectivity index (χ3v) is 6.62. The van der Waals surface area contributed by atoms with Gasteiger partial charge >= 0.3 is 6.36 Å². The van der Waals surface area contributed by atoms with E-state index in [1.807, 2.05) is 19.9 Å². The number of rotatable bonds is 7. The highest BCUT2D eigenvalue weighted by Gasteiger charge is 2.36. The molecule has 0 bridgehead atoms. The predicted octanol–water partition coefficient (Wildman–Crippen LogP) is 5.05. The van der Waals surface area contributed by atoms with Gasteiger partial charge in [0.2, 0.25) is 11.8 Å². The van der Waals surface area contributed by atoms with Gasteiger partial charge in [-0.05, 0) is 58.2 Å². The van der Waals surface area contributed by atoms with Gasteiger partial charge in [-0.3, -0.25) is 4.79 Å². The lowest BCUT2D eigenvalue weighted by Crippen LogP contribution is -2.51. The second kappa shape index (κ2) is 10.5. The molecule has 8 nitrogen and oxygen atoms in total. The number of pyridine rings is 2. The van der Waals surface area contributed by atoms with Crippen molar-refractivity contribution in [1.29, 1.82) is 0 Å². The second-order valence-electron chi connectivity index (χ2n) is 9.55. The lowest BCUT2D eigenvalue weighted by Gasteiger charge is -2.40. The molecular weight excluding hydrogens is 504 g/mol. The summed E-state index contributed by atoms with van der Waals surface area (Å²) in [6, 6.07) is 4.59. The van der Waals surface area contributed by atoms with Crippen molar-refractivity contribution in [1.82, 2.24) is 24.8 Å². The Balaban J connectivity index is 1.52. The minimum atomic E-state index is -4.98. The van der Waals surface area contributed by atoms with Crippen LogP contribution in [0.1, 0.15) is 49.9 Å². The maximum atomic E-state index is 14.5. The molecule has 4 rings (SSSR count). The first-order valence-electron chi connectivity index (χ1n) is 12.1. The van der Waals surface area contributed by atoms with E-state index in [0.29, 0.717) is 37.2 Å². The summed E-state index contributed by atoms with van der Waals surface area (Å²) >= 11 is 0. The van der Waals surface area contributed by atoms with Gasteiger partial charge in [-0.2, -0.15) is 0 Å². The zero-order valence-electron chi connectivity index (χ0n) is 21.4. The zero-order valence-corrected chi connectivity index (χ0v) is 21.4. The summed E-state index contributed by atoms with van der Waals surface area (Å²) in [5.74, 6) is -1.88. The Kier molecular flexibility index (Phi) is 7.52. The summed E-state index contributed by atoms with van der Waals surface area (Å²) in [4.78, 5) is 31.6. The molecule has 1 N–H and O–H groups in total. The fourth-order valence-electron chi connectivity index (χ4n) is 4.60. The Morgan fingerprint density at radius 3 is 2.61 bits per heavy atom. The van der Waals surface area contributed by atoms with E-state index in [4.69, 9.17) is 4.98 Å². The minimum Gasteiger partial charge on any atom is -0.388 e. The highest BCUT2D eigenvalue weighted by atomic mass is 19.4. The average molecular weight is 533 g/mol. The fourth-order valence-corrected chi connectivity index (χ4v) is 4.60. The van der Waals surface area contributed by atoms with Crippen molar-refractivity contribution in [2.24, 2.45) is 0 Å². The summed E-state index contributed by atoms with van der Waals surface area (Å²) in [5, 5.41) is 3.46. The number of halogens is 4. The molecule has 0 saturated carbocycles. The SMILES string of the molecule is CCN(C[C@@]1(C)CCc2cc(-c3ncccn3)c(C)nc2N1)C(=O)[C@@H](C)c1cc(OC(F)(F)F)ncc1F. The number of fused-ring (bicyclic) bond motifs is 1. The largest absolute Gasteiger partial charge is 0.574 e. The summed E-state index contributed by atoms with van der Waals surface area (Å²) in [5.41, 5.74) is 1.86. The average Bonchev–Trinajstić information content (AvgIpc) is 2.87. The number of ether oxygens (including phenoxy) is 1. The van der Waals surface area contributed by atoms with Gasteiger partial charge in [0, 0.05) is 42.7 Å². The molecule has 38 heavy (non-hydrogen) atoms. The van der Waals surface area contributed by atoms with Crippen LogP contribution in [-0.4, -0.2) is 55.7 Å². The molecule has 0 radical (unpaired) electrons. The number of hydrogen-bond acceptors (Lipinski definition) is 7. The van der Waals surface area contributed by atoms with Crippen LogP contribution in [0.25, 0.3) is 11.4 Å². The van der Waals surface area contributed by atoms with E-state index in [-0.39, 0.29) is 12.1 Å². The van der Waals surface area contributed by atoms with Crippen LogP contribution in [0, 0.1) is 12.7 Å². The highest BCUT2D eigenvalue weighted by molar-refractivity contribution is 5.83. The number of aromatic nitrogens is 4. The molecule has 3 aromatic heterocycles. The van der Waals surface area contributed by atoms with E-state index in [9.17, 15) is 22.4 Å². The van der Waals surface area contributed by atoms with E-state index >= 15 is 0 Å². The van der Waals surface area contributed by atoms with Crippen molar-refractivity contribution in [2.45, 2.75) is 58.4 Å². The monoisotopic (exact) mass is 532 g/mol. The topological polar surface area (TPSA) is 93.1 Å². The van der Waals surface area contributed by atoms with Gasteiger partial charge in [0.15, 0.2) is 5.82 Å². The summed E-state index contributed by atoms with van der Waals surface area (Å²) in [6.07, 6.45) is 0.380. The molecule has 0 aliphatic carbocycles. The van der Waals surface area contributed by atoms with Crippen molar-refractivity contribution in [3.63, 3.8) is 0 Å². The van der Waals surface area contributed by atoms with Crippen molar-refractivity contribution < 1.29 is 27.1 Å². The van der Waals surface area contributed by atoms with Crippen molar-refractivity contribution in [2.75, 3.05) is 18.4 Å². The van der Waals surface area contributed by atoms with Gasteiger partial charge in [0.1, 0.15) is 11.6 Å². The summed E-state index contributed by atoms with van der Waals surface area (Å²) in [7, 11) is 0. The Hall–Kier alpha value is -3.83. The third-order valence-electron chi connectivity index (χ3n) is 6.62. The van der Waals surface area contributed by atoms with E-state index in [1.54, 1.807) is 30.3 Å². The number of anilines is 1. The number of aryl methyl sites for hydroxylation is 2. The Morgan fingerprint density at radius 1 is 1.24 bits per heavy atom. The highest BCUT2D eigenvalue weighted by Crippen LogP contribution is 2.34. The summed E-state index contributed by atoms with van der Waals surface area (Å²) < 4.78 is 56.1. The van der Waals surface area contributed by atoms with Gasteiger partial charge in [-0.15, -0.1) is 13.2 Å². The van der Waals surface area contributed by atoms with Crippen molar-refractivity contribution in [3.05, 3.63) is 59.4 Å². The number of alkyl halides is 3. The molecule has 0 spiro atoms. The molecular formula is C26H28F4N6O2. The van der Waals surface area contributed by atoms with E-state index < -0.39 is 35.4 Å². The van der Waals surface area contributed by atoms with Crippen LogP contribution in [0.15, 0.2) is 36.8 Å². The smallest absolute Gasteiger partial charge is 0.388 e. The third kappa shape index (κ3) is 6.00. The molecule has 1 aliphatic rings. The van der Waals surface area contributed by atoms with Crippen LogP contribution >= 0.6 is 0 Å². The van der Waals surface area contributed by atoms with E-state index in [2.05, 4.69) is 25.0 Å². The first-order chi connectivity index (χ1) is 17.9. The first-order valence-corrected chi connectivity index (χ1v) is 12.1.